The minimum Gasteiger partial charge on any atom is -0.481 e. The summed E-state index contributed by atoms with van der Waals surface area (Å²) < 4.78 is 0. The van der Waals surface area contributed by atoms with Crippen LogP contribution in [0.5, 0.6) is 0 Å². The Labute approximate surface area is 348 Å². The molecule has 0 fully saturated rings. The van der Waals surface area contributed by atoms with E-state index in [0.29, 0.717) is 0 Å². The number of rotatable bonds is 31. The van der Waals surface area contributed by atoms with Crippen LogP contribution in [0, 0.1) is 5.92 Å². The topological polar surface area (TPSA) is 478 Å². The molecule has 0 aliphatic carbocycles. The maximum absolute atomic E-state index is 13.7. The summed E-state index contributed by atoms with van der Waals surface area (Å²) in [6, 6.07) is -11.7. The van der Waals surface area contributed by atoms with Gasteiger partial charge in [-0.05, 0) is 44.4 Å². The van der Waals surface area contributed by atoms with E-state index in [-0.39, 0.29) is 37.7 Å². The van der Waals surface area contributed by atoms with E-state index in [9.17, 15) is 73.2 Å². The average molecular weight is 876 g/mol. The standard InChI is InChI=1S/C34H57N11O16/c1-15(2)12-21(45-32(59)22(13-26(52)53)44-27(54)16(35)14-46)31(58)42-18(6-9-24(48)49)29(56)40-17(5-8-23(36)47)28(55)41-19(7-10-25(50)51)30(57)43-20(33(60)61)4-3-11-39-34(37)38/h15-22,46H,3-14,35H2,1-2H3,(H2,36,47)(H,40,56)(H,41,55)(H,42,58)(H,43,57)(H,44,54)(H,45,59)(H,48,49)(H,50,51)(H,52,53)(H,60,61)(H4,37,38,39). The third kappa shape index (κ3) is 23.5. The van der Waals surface area contributed by atoms with Gasteiger partial charge >= 0.3 is 23.9 Å². The number of hydrogen-bond donors (Lipinski definition) is 15. The number of nitrogens with zero attached hydrogens (tertiary/aromatic N) is 1. The highest BCUT2D eigenvalue weighted by atomic mass is 16.4. The Bertz CT molecular complexity index is 1620. The number of primary amides is 1. The summed E-state index contributed by atoms with van der Waals surface area (Å²) in [6.45, 7) is 2.40. The first-order valence-electron chi connectivity index (χ1n) is 18.8. The van der Waals surface area contributed by atoms with Crippen molar-refractivity contribution in [3.05, 3.63) is 0 Å². The first-order chi connectivity index (χ1) is 28.4. The van der Waals surface area contributed by atoms with Gasteiger partial charge in [0.1, 0.15) is 42.3 Å². The third-order valence-electron chi connectivity index (χ3n) is 8.32. The molecule has 0 bridgehead atoms. The molecule has 0 spiro atoms. The highest BCUT2D eigenvalue weighted by Crippen LogP contribution is 2.10. The summed E-state index contributed by atoms with van der Waals surface area (Å²) in [6.07, 6.45) is -5.04. The zero-order chi connectivity index (χ0) is 47.0. The maximum Gasteiger partial charge on any atom is 0.326 e. The Morgan fingerprint density at radius 2 is 0.918 bits per heavy atom. The molecule has 0 aromatic rings. The van der Waals surface area contributed by atoms with Gasteiger partial charge in [0.15, 0.2) is 5.96 Å². The molecule has 61 heavy (non-hydrogen) atoms. The molecule has 19 N–H and O–H groups in total. The molecule has 0 radical (unpaired) electrons. The van der Waals surface area contributed by atoms with E-state index in [1.807, 2.05) is 0 Å². The summed E-state index contributed by atoms with van der Waals surface area (Å²) in [5.74, 6) is -14.4. The summed E-state index contributed by atoms with van der Waals surface area (Å²) in [5.41, 5.74) is 21.2. The molecular formula is C34H57N11O16. The number of carbonyl (C=O) groups is 11. The van der Waals surface area contributed by atoms with Crippen molar-refractivity contribution in [1.29, 1.82) is 0 Å². The van der Waals surface area contributed by atoms with Crippen LogP contribution < -0.4 is 54.8 Å². The van der Waals surface area contributed by atoms with Crippen LogP contribution in [0.25, 0.3) is 0 Å². The smallest absolute Gasteiger partial charge is 0.326 e. The van der Waals surface area contributed by atoms with Gasteiger partial charge in [0.25, 0.3) is 0 Å². The summed E-state index contributed by atoms with van der Waals surface area (Å²) in [5, 5.41) is 60.0. The van der Waals surface area contributed by atoms with Gasteiger partial charge in [0.2, 0.25) is 41.4 Å². The van der Waals surface area contributed by atoms with Crippen LogP contribution in [0.1, 0.15) is 78.1 Å². The van der Waals surface area contributed by atoms with Crippen LogP contribution in [0.3, 0.4) is 0 Å². The number of nitrogens with one attached hydrogen (secondary N) is 6. The summed E-state index contributed by atoms with van der Waals surface area (Å²) in [4.78, 5) is 141. The van der Waals surface area contributed by atoms with Crippen LogP contribution in [0.15, 0.2) is 4.99 Å². The van der Waals surface area contributed by atoms with Gasteiger partial charge in [0.05, 0.1) is 13.0 Å². The minimum absolute atomic E-state index is 0.00204. The largest absolute Gasteiger partial charge is 0.481 e. The Hall–Kier alpha value is -6.64. The molecule has 0 rings (SSSR count). The minimum atomic E-state index is -1.80. The Morgan fingerprint density at radius 3 is 1.30 bits per heavy atom. The second-order valence-corrected chi connectivity index (χ2v) is 14.0. The predicted octanol–water partition coefficient (Wildman–Crippen LogP) is -6.13. The lowest BCUT2D eigenvalue weighted by atomic mass is 10.0. The molecule has 0 aliphatic heterocycles. The van der Waals surface area contributed by atoms with E-state index in [1.165, 1.54) is 0 Å². The molecule has 0 saturated heterocycles. The number of aliphatic imine (C=N–C) groups is 1. The van der Waals surface area contributed by atoms with Crippen LogP contribution in [0.4, 0.5) is 0 Å². The quantitative estimate of drug-likeness (QED) is 0.0175. The van der Waals surface area contributed by atoms with Gasteiger partial charge in [-0.3, -0.25) is 52.9 Å². The predicted molar refractivity (Wildman–Crippen MR) is 208 cm³/mol. The van der Waals surface area contributed by atoms with Crippen LogP contribution in [-0.4, -0.2) is 152 Å². The van der Waals surface area contributed by atoms with Gasteiger partial charge < -0.3 is 80.4 Å². The van der Waals surface area contributed by atoms with Crippen molar-refractivity contribution < 1.29 is 78.3 Å². The number of hydrogen-bond acceptors (Lipinski definition) is 14. The van der Waals surface area contributed by atoms with Gasteiger partial charge in [-0.25, -0.2) is 4.79 Å². The zero-order valence-electron chi connectivity index (χ0n) is 33.6. The third-order valence-corrected chi connectivity index (χ3v) is 8.32. The van der Waals surface area contributed by atoms with Crippen molar-refractivity contribution in [1.82, 2.24) is 31.9 Å². The normalized spacial score (nSPS) is 14.2. The number of carbonyl (C=O) groups excluding carboxylic acids is 7. The average Bonchev–Trinajstić information content (AvgIpc) is 3.15. The summed E-state index contributed by atoms with van der Waals surface area (Å²) in [7, 11) is 0. The SMILES string of the molecule is CC(C)CC(NC(=O)C(CC(=O)O)NC(=O)C(N)CO)C(=O)NC(CCC(=O)O)C(=O)NC(CCC(N)=O)C(=O)NC(CCC(=O)O)C(=O)NC(CCCN=C(N)N)C(=O)O. The van der Waals surface area contributed by atoms with E-state index in [2.05, 4.69) is 36.9 Å². The fourth-order valence-electron chi connectivity index (χ4n) is 5.20. The van der Waals surface area contributed by atoms with Crippen molar-refractivity contribution in [2.75, 3.05) is 13.2 Å². The number of carboxylic acid groups (broad SMARTS) is 4. The van der Waals surface area contributed by atoms with Crippen molar-refractivity contribution in [2.45, 2.75) is 120 Å². The van der Waals surface area contributed by atoms with Crippen molar-refractivity contribution in [2.24, 2.45) is 33.8 Å². The van der Waals surface area contributed by atoms with E-state index in [0.717, 1.165) is 0 Å². The van der Waals surface area contributed by atoms with E-state index >= 15 is 0 Å². The molecule has 0 aromatic heterocycles. The second-order valence-electron chi connectivity index (χ2n) is 14.0. The first kappa shape index (κ1) is 54.4. The molecule has 27 heteroatoms. The lowest BCUT2D eigenvalue weighted by molar-refractivity contribution is -0.143. The molecular weight excluding hydrogens is 818 g/mol. The van der Waals surface area contributed by atoms with Crippen LogP contribution >= 0.6 is 0 Å². The molecule has 344 valence electrons. The molecule has 7 unspecified atom stereocenters. The van der Waals surface area contributed by atoms with Crippen molar-refractivity contribution in [3.63, 3.8) is 0 Å². The summed E-state index contributed by atoms with van der Waals surface area (Å²) >= 11 is 0. The molecule has 0 aliphatic rings. The molecule has 0 aromatic carbocycles. The molecule has 7 atom stereocenters. The maximum atomic E-state index is 13.7. The number of aliphatic hydroxyl groups excluding tert-OH is 1. The highest BCUT2D eigenvalue weighted by Gasteiger charge is 2.35. The van der Waals surface area contributed by atoms with E-state index in [1.54, 1.807) is 13.8 Å². The van der Waals surface area contributed by atoms with E-state index < -0.39 is 159 Å². The van der Waals surface area contributed by atoms with Gasteiger partial charge in [-0.2, -0.15) is 0 Å². The Balaban J connectivity index is 6.55. The molecule has 7 amide bonds. The number of guanidine groups is 1. The lowest BCUT2D eigenvalue weighted by Crippen LogP contribution is -2.60. The molecule has 0 heterocycles. The fraction of sp³-hybridized carbons (Fsp3) is 0.647. The van der Waals surface area contributed by atoms with Gasteiger partial charge in [-0.1, -0.05) is 13.8 Å². The number of aliphatic carboxylic acids is 4. The number of amides is 7. The van der Waals surface area contributed by atoms with Crippen LogP contribution in [-0.2, 0) is 52.7 Å². The zero-order valence-corrected chi connectivity index (χ0v) is 33.6. The number of carboxylic acids is 4. The van der Waals surface area contributed by atoms with Gasteiger partial charge in [0, 0.05) is 25.8 Å². The van der Waals surface area contributed by atoms with Crippen molar-refractivity contribution >= 4 is 71.2 Å². The highest BCUT2D eigenvalue weighted by molar-refractivity contribution is 5.98. The fourth-order valence-corrected chi connectivity index (χ4v) is 5.20. The molecule has 27 nitrogen and oxygen atoms in total. The van der Waals surface area contributed by atoms with E-state index in [4.69, 9.17) is 28.0 Å². The van der Waals surface area contributed by atoms with Crippen molar-refractivity contribution in [3.8, 4) is 0 Å². The van der Waals surface area contributed by atoms with Crippen LogP contribution in [0.2, 0.25) is 0 Å². The van der Waals surface area contributed by atoms with Gasteiger partial charge in [-0.15, -0.1) is 0 Å². The first-order valence-corrected chi connectivity index (χ1v) is 18.8. The molecule has 0 saturated carbocycles. The Kier molecular flexibility index (Phi) is 24.9. The lowest BCUT2D eigenvalue weighted by Gasteiger charge is -2.28. The monoisotopic (exact) mass is 875 g/mol. The number of aliphatic hydroxyl groups is 1. The Morgan fingerprint density at radius 1 is 0.525 bits per heavy atom. The number of nitrogens with two attached hydrogens (primary N) is 4. The second kappa shape index (κ2) is 27.9.